The highest BCUT2D eigenvalue weighted by Gasteiger charge is 2.13. The summed E-state index contributed by atoms with van der Waals surface area (Å²) in [5.41, 5.74) is 1.81. The van der Waals surface area contributed by atoms with E-state index in [0.29, 0.717) is 41.3 Å². The van der Waals surface area contributed by atoms with Crippen LogP contribution in [0.15, 0.2) is 34.7 Å². The number of hydrogen-bond donors (Lipinski definition) is 1. The van der Waals surface area contributed by atoms with Crippen molar-refractivity contribution in [3.8, 4) is 11.5 Å². The van der Waals surface area contributed by atoms with Gasteiger partial charge in [0.1, 0.15) is 35.1 Å². The van der Waals surface area contributed by atoms with Gasteiger partial charge in [0.15, 0.2) is 0 Å². The van der Waals surface area contributed by atoms with Gasteiger partial charge < -0.3 is 23.9 Å². The van der Waals surface area contributed by atoms with E-state index < -0.39 is 5.97 Å². The minimum atomic E-state index is -0.407. The van der Waals surface area contributed by atoms with Gasteiger partial charge in [-0.1, -0.05) is 26.0 Å². The second-order valence-corrected chi connectivity index (χ2v) is 7.86. The van der Waals surface area contributed by atoms with E-state index in [1.54, 1.807) is 19.1 Å². The zero-order chi connectivity index (χ0) is 25.8. The van der Waals surface area contributed by atoms with E-state index >= 15 is 0 Å². The van der Waals surface area contributed by atoms with Crippen LogP contribution in [0.2, 0.25) is 0 Å². The Morgan fingerprint density at radius 2 is 1.86 bits per heavy atom. The van der Waals surface area contributed by atoms with Crippen molar-refractivity contribution >= 4 is 28.2 Å². The number of aromatic amines is 1. The molecule has 9 heteroatoms. The zero-order valence-corrected chi connectivity index (χ0v) is 21.1. The summed E-state index contributed by atoms with van der Waals surface area (Å²) >= 11 is 0. The van der Waals surface area contributed by atoms with Crippen LogP contribution in [0.5, 0.6) is 11.5 Å². The molecule has 0 aliphatic heterocycles. The van der Waals surface area contributed by atoms with Gasteiger partial charge in [-0.25, -0.2) is 4.98 Å². The number of methoxy groups -OCH3 is 2. The first-order valence-electron chi connectivity index (χ1n) is 11.6. The monoisotopic (exact) mass is 486 g/mol. The third-order valence-electron chi connectivity index (χ3n) is 5.12. The van der Waals surface area contributed by atoms with Gasteiger partial charge in [0.05, 0.1) is 39.4 Å². The lowest BCUT2D eigenvalue weighted by atomic mass is 10.1. The summed E-state index contributed by atoms with van der Waals surface area (Å²) in [4.78, 5) is 43.2. The third kappa shape index (κ3) is 8.36. The van der Waals surface area contributed by atoms with Crippen molar-refractivity contribution in [3.05, 3.63) is 46.0 Å². The molecular formula is C26H34N2O7. The Morgan fingerprint density at radius 1 is 1.09 bits per heavy atom. The van der Waals surface area contributed by atoms with E-state index in [4.69, 9.17) is 18.9 Å². The Balaban J connectivity index is 2.06. The molecule has 0 aliphatic carbocycles. The Labute approximate surface area is 205 Å². The molecule has 9 nitrogen and oxygen atoms in total. The van der Waals surface area contributed by atoms with Crippen molar-refractivity contribution in [1.29, 1.82) is 0 Å². The molecule has 0 radical (unpaired) electrons. The Bertz CT molecular complexity index is 1150. The lowest BCUT2D eigenvalue weighted by Crippen LogP contribution is -2.13. The number of esters is 1. The first-order chi connectivity index (χ1) is 16.8. The summed E-state index contributed by atoms with van der Waals surface area (Å²) in [6.07, 6.45) is 5.30. The average molecular weight is 487 g/mol. The van der Waals surface area contributed by atoms with E-state index in [0.717, 1.165) is 17.6 Å². The molecule has 0 atom stereocenters. The van der Waals surface area contributed by atoms with E-state index in [1.807, 2.05) is 26.0 Å². The third-order valence-corrected chi connectivity index (χ3v) is 5.12. The minimum Gasteiger partial charge on any atom is -0.497 e. The molecule has 1 aromatic heterocycles. The maximum atomic E-state index is 12.8. The largest absolute Gasteiger partial charge is 0.497 e. The number of rotatable bonds is 14. The molecule has 0 saturated carbocycles. The van der Waals surface area contributed by atoms with Gasteiger partial charge in [-0.05, 0) is 18.9 Å². The van der Waals surface area contributed by atoms with E-state index in [2.05, 4.69) is 9.97 Å². The molecule has 1 N–H and O–H groups in total. The number of carbonyl (C=O) groups excluding carboxylic acids is 2. The average Bonchev–Trinajstić information content (AvgIpc) is 2.85. The highest BCUT2D eigenvalue weighted by molar-refractivity contribution is 5.87. The van der Waals surface area contributed by atoms with Gasteiger partial charge in [-0.15, -0.1) is 0 Å². The molecule has 2 aromatic rings. The first-order valence-corrected chi connectivity index (χ1v) is 11.6. The first kappa shape index (κ1) is 27.8. The number of allylic oxidation sites excluding steroid dienone is 3. The predicted molar refractivity (Wildman–Crippen MR) is 134 cm³/mol. The number of carbonyl (C=O) groups is 2. The van der Waals surface area contributed by atoms with Crippen LogP contribution in [0.1, 0.15) is 52.3 Å². The molecule has 35 heavy (non-hydrogen) atoms. The number of nitrogens with zero attached hydrogens (tertiary/aromatic N) is 1. The quantitative estimate of drug-likeness (QED) is 0.242. The summed E-state index contributed by atoms with van der Waals surface area (Å²) in [5, 5.41) is 0.352. The van der Waals surface area contributed by atoms with E-state index in [-0.39, 0.29) is 37.4 Å². The summed E-state index contributed by atoms with van der Waals surface area (Å²) in [6, 6.07) is 3.34. The number of aromatic nitrogens is 2. The SMILES string of the molecule is CC/C=C(\C=C(\C)COCCOC(=O)CCC(=O)CC)c1nc2cc(OC)cc(OC)c2c(=O)[nH]1. The molecule has 0 amide bonds. The molecule has 1 heterocycles. The number of nitrogens with one attached hydrogen (secondary N) is 1. The topological polar surface area (TPSA) is 117 Å². The molecule has 0 fully saturated rings. The fourth-order valence-corrected chi connectivity index (χ4v) is 3.32. The van der Waals surface area contributed by atoms with Crippen molar-refractivity contribution < 1.29 is 28.5 Å². The molecule has 1 aromatic carbocycles. The van der Waals surface area contributed by atoms with Gasteiger partial charge in [-0.2, -0.15) is 0 Å². The molecule has 0 unspecified atom stereocenters. The molecule has 2 rings (SSSR count). The van der Waals surface area contributed by atoms with Gasteiger partial charge in [-0.3, -0.25) is 14.4 Å². The van der Waals surface area contributed by atoms with E-state index in [1.165, 1.54) is 14.2 Å². The predicted octanol–water partition coefficient (Wildman–Crippen LogP) is 4.00. The van der Waals surface area contributed by atoms with Crippen molar-refractivity contribution in [2.75, 3.05) is 34.0 Å². The molecule has 0 saturated heterocycles. The second kappa shape index (κ2) is 14.1. The molecular weight excluding hydrogens is 452 g/mol. The lowest BCUT2D eigenvalue weighted by Gasteiger charge is -2.10. The van der Waals surface area contributed by atoms with Gasteiger partial charge >= 0.3 is 5.97 Å². The van der Waals surface area contributed by atoms with Crippen LogP contribution in [0, 0.1) is 0 Å². The standard InChI is InChI=1S/C26H34N2O7/c1-6-8-18(13-17(3)16-34-11-12-35-23(30)10-9-19(29)7-2)25-27-21-14-20(32-4)15-22(33-5)24(21)26(31)28-25/h8,13-15H,6-7,9-12,16H2,1-5H3,(H,27,28,31)/b17-13-,18-8+. The normalized spacial score (nSPS) is 12.0. The number of H-pyrrole nitrogens is 1. The Morgan fingerprint density at radius 3 is 2.51 bits per heavy atom. The maximum Gasteiger partial charge on any atom is 0.306 e. The highest BCUT2D eigenvalue weighted by Crippen LogP contribution is 2.28. The molecule has 0 aliphatic rings. The molecule has 0 bridgehead atoms. The summed E-state index contributed by atoms with van der Waals surface area (Å²) in [6.45, 7) is 6.32. The molecule has 0 spiro atoms. The van der Waals surface area contributed by atoms with Crippen LogP contribution < -0.4 is 15.0 Å². The van der Waals surface area contributed by atoms with Crippen LogP contribution in [-0.4, -0.2) is 55.8 Å². The number of ether oxygens (including phenoxy) is 4. The fourth-order valence-electron chi connectivity index (χ4n) is 3.32. The zero-order valence-electron chi connectivity index (χ0n) is 21.1. The van der Waals surface area contributed by atoms with Crippen LogP contribution in [0.25, 0.3) is 16.5 Å². The van der Waals surface area contributed by atoms with Crippen molar-refractivity contribution in [3.63, 3.8) is 0 Å². The molecule has 190 valence electrons. The van der Waals surface area contributed by atoms with Crippen LogP contribution in [-0.2, 0) is 19.1 Å². The number of hydrogen-bond acceptors (Lipinski definition) is 8. The van der Waals surface area contributed by atoms with Crippen LogP contribution >= 0.6 is 0 Å². The summed E-state index contributed by atoms with van der Waals surface area (Å²) < 4.78 is 21.3. The fraction of sp³-hybridized carbons (Fsp3) is 0.462. The van der Waals surface area contributed by atoms with Crippen molar-refractivity contribution in [1.82, 2.24) is 9.97 Å². The number of fused-ring (bicyclic) bond motifs is 1. The smallest absolute Gasteiger partial charge is 0.306 e. The van der Waals surface area contributed by atoms with Gasteiger partial charge in [0.2, 0.25) is 0 Å². The summed E-state index contributed by atoms with van der Waals surface area (Å²) in [7, 11) is 3.03. The number of ketones is 1. The van der Waals surface area contributed by atoms with Crippen LogP contribution in [0.3, 0.4) is 0 Å². The minimum absolute atomic E-state index is 0.0374. The highest BCUT2D eigenvalue weighted by atomic mass is 16.6. The van der Waals surface area contributed by atoms with Crippen LogP contribution in [0.4, 0.5) is 0 Å². The second-order valence-electron chi connectivity index (χ2n) is 7.86. The van der Waals surface area contributed by atoms with Gasteiger partial charge in [0.25, 0.3) is 5.56 Å². The van der Waals surface area contributed by atoms with Gasteiger partial charge in [0, 0.05) is 30.5 Å². The maximum absolute atomic E-state index is 12.8. The number of Topliss-reactive ketones (excluding diaryl/α,β-unsaturated/α-hetero) is 1. The number of benzene rings is 1. The Kier molecular flexibility index (Phi) is 11.2. The lowest BCUT2D eigenvalue weighted by molar-refractivity contribution is -0.146. The Hall–Kier alpha value is -3.46. The van der Waals surface area contributed by atoms with E-state index in [9.17, 15) is 14.4 Å². The van der Waals surface area contributed by atoms with Crippen molar-refractivity contribution in [2.45, 2.75) is 46.5 Å². The van der Waals surface area contributed by atoms with Crippen molar-refractivity contribution in [2.24, 2.45) is 0 Å². The summed E-state index contributed by atoms with van der Waals surface area (Å²) in [5.74, 6) is 0.982.